The molecule has 4 rings (SSSR count). The molecule has 1 N–H and O–H groups in total. The Morgan fingerprint density at radius 1 is 1.14 bits per heavy atom. The van der Waals surface area contributed by atoms with Gasteiger partial charge in [0.15, 0.2) is 0 Å². The molecule has 2 aliphatic rings. The fourth-order valence-electron chi connectivity index (χ4n) is 4.10. The largest absolute Gasteiger partial charge is 0.332 e. The van der Waals surface area contributed by atoms with Gasteiger partial charge in [-0.15, -0.1) is 0 Å². The summed E-state index contributed by atoms with van der Waals surface area (Å²) in [7, 11) is 0. The molecular weight excluding hydrogens is 369 g/mol. The second-order valence-electron chi connectivity index (χ2n) is 8.83. The number of benzene rings is 2. The van der Waals surface area contributed by atoms with E-state index < -0.39 is 0 Å². The lowest BCUT2D eigenvalue weighted by Gasteiger charge is -2.44. The molecule has 0 saturated carbocycles. The highest BCUT2D eigenvalue weighted by Gasteiger charge is 2.38. The van der Waals surface area contributed by atoms with Crippen LogP contribution in [-0.4, -0.2) is 41.4 Å². The molecule has 2 aromatic rings. The molecule has 1 fully saturated rings. The standard InChI is InChI=1S/C23H26FN3O2/c1-23(2,3)16-5-8-18(9-6-16)25-22(29)26-13-20-19-12-17(24)7-4-15(19)10-11-27(20)21(28)14-26/h4-9,12,20H,10-11,13-14H2,1-3H3,(H,25,29). The number of nitrogens with one attached hydrogen (secondary N) is 1. The van der Waals surface area contributed by atoms with Gasteiger partial charge in [0.05, 0.1) is 6.04 Å². The van der Waals surface area contributed by atoms with Gasteiger partial charge in [-0.1, -0.05) is 39.0 Å². The highest BCUT2D eigenvalue weighted by atomic mass is 19.1. The molecule has 2 aromatic carbocycles. The van der Waals surface area contributed by atoms with Gasteiger partial charge in [0.1, 0.15) is 12.4 Å². The number of carbonyl (C=O) groups excluding carboxylic acids is 2. The third-order valence-corrected chi connectivity index (χ3v) is 5.79. The highest BCUT2D eigenvalue weighted by Crippen LogP contribution is 2.34. The van der Waals surface area contributed by atoms with Gasteiger partial charge in [-0.2, -0.15) is 0 Å². The molecule has 152 valence electrons. The van der Waals surface area contributed by atoms with Gasteiger partial charge in [-0.25, -0.2) is 9.18 Å². The lowest BCUT2D eigenvalue weighted by atomic mass is 9.87. The number of urea groups is 1. The second-order valence-corrected chi connectivity index (χ2v) is 8.83. The summed E-state index contributed by atoms with van der Waals surface area (Å²) in [5.41, 5.74) is 3.75. The molecule has 0 spiro atoms. The summed E-state index contributed by atoms with van der Waals surface area (Å²) in [4.78, 5) is 28.8. The minimum absolute atomic E-state index is 0.0348. The first-order chi connectivity index (χ1) is 13.7. The number of anilines is 1. The van der Waals surface area contributed by atoms with Crippen LogP contribution < -0.4 is 5.32 Å². The SMILES string of the molecule is CC(C)(C)c1ccc(NC(=O)N2CC(=O)N3CCc4ccc(F)cc4C3C2)cc1. The highest BCUT2D eigenvalue weighted by molar-refractivity contribution is 5.93. The molecule has 6 heteroatoms. The van der Waals surface area contributed by atoms with E-state index in [-0.39, 0.29) is 35.8 Å². The quantitative estimate of drug-likeness (QED) is 0.791. The Morgan fingerprint density at radius 2 is 1.86 bits per heavy atom. The maximum Gasteiger partial charge on any atom is 0.322 e. The van der Waals surface area contributed by atoms with E-state index >= 15 is 0 Å². The number of amides is 3. The number of nitrogens with zero attached hydrogens (tertiary/aromatic N) is 2. The molecule has 29 heavy (non-hydrogen) atoms. The summed E-state index contributed by atoms with van der Waals surface area (Å²) in [5.74, 6) is -0.423. The first-order valence-electron chi connectivity index (χ1n) is 9.96. The summed E-state index contributed by atoms with van der Waals surface area (Å²) in [6, 6.07) is 11.9. The number of rotatable bonds is 1. The van der Waals surface area contributed by atoms with Gasteiger partial charge in [0, 0.05) is 18.8 Å². The van der Waals surface area contributed by atoms with Crippen LogP contribution in [0.15, 0.2) is 42.5 Å². The van der Waals surface area contributed by atoms with Crippen LogP contribution in [0.4, 0.5) is 14.9 Å². The van der Waals surface area contributed by atoms with E-state index in [1.54, 1.807) is 11.0 Å². The molecule has 2 aliphatic heterocycles. The van der Waals surface area contributed by atoms with E-state index in [4.69, 9.17) is 0 Å². The van der Waals surface area contributed by atoms with Gasteiger partial charge in [0.2, 0.25) is 5.91 Å². The van der Waals surface area contributed by atoms with E-state index in [1.165, 1.54) is 22.6 Å². The van der Waals surface area contributed by atoms with Crippen molar-refractivity contribution >= 4 is 17.6 Å². The summed E-state index contributed by atoms with van der Waals surface area (Å²) >= 11 is 0. The maximum absolute atomic E-state index is 13.8. The zero-order valence-electron chi connectivity index (χ0n) is 17.0. The number of piperazine rings is 1. The number of hydrogen-bond donors (Lipinski definition) is 1. The van der Waals surface area contributed by atoms with Crippen LogP contribution in [0.3, 0.4) is 0 Å². The third kappa shape index (κ3) is 3.84. The van der Waals surface area contributed by atoms with Crippen molar-refractivity contribution < 1.29 is 14.0 Å². The monoisotopic (exact) mass is 395 g/mol. The average molecular weight is 395 g/mol. The molecule has 1 atom stereocenters. The maximum atomic E-state index is 13.8. The Balaban J connectivity index is 1.51. The van der Waals surface area contributed by atoms with Crippen molar-refractivity contribution in [3.63, 3.8) is 0 Å². The third-order valence-electron chi connectivity index (χ3n) is 5.79. The molecule has 2 heterocycles. The molecule has 0 radical (unpaired) electrons. The topological polar surface area (TPSA) is 52.7 Å². The second kappa shape index (κ2) is 7.17. The van der Waals surface area contributed by atoms with Crippen LogP contribution in [0, 0.1) is 5.82 Å². The van der Waals surface area contributed by atoms with Crippen molar-refractivity contribution in [3.8, 4) is 0 Å². The predicted molar refractivity (Wildman–Crippen MR) is 110 cm³/mol. The van der Waals surface area contributed by atoms with E-state index in [9.17, 15) is 14.0 Å². The Labute approximate surface area is 170 Å². The molecule has 5 nitrogen and oxygen atoms in total. The van der Waals surface area contributed by atoms with Gasteiger partial charge in [-0.05, 0) is 52.8 Å². The zero-order valence-corrected chi connectivity index (χ0v) is 17.0. The molecule has 3 amide bonds. The molecule has 0 bridgehead atoms. The Kier molecular flexibility index (Phi) is 4.81. The smallest absolute Gasteiger partial charge is 0.322 e. The van der Waals surface area contributed by atoms with Gasteiger partial charge >= 0.3 is 6.03 Å². The Hall–Kier alpha value is -2.89. The summed E-state index contributed by atoms with van der Waals surface area (Å²) in [6.07, 6.45) is 0.712. The fourth-order valence-corrected chi connectivity index (χ4v) is 4.10. The Bertz CT molecular complexity index is 950. The van der Waals surface area contributed by atoms with Crippen molar-refractivity contribution in [1.29, 1.82) is 0 Å². The van der Waals surface area contributed by atoms with Crippen molar-refractivity contribution in [1.82, 2.24) is 9.80 Å². The minimum atomic E-state index is -0.321. The van der Waals surface area contributed by atoms with E-state index in [0.29, 0.717) is 25.2 Å². The summed E-state index contributed by atoms with van der Waals surface area (Å²) in [5, 5.41) is 2.88. The van der Waals surface area contributed by atoms with Gasteiger partial charge in [-0.3, -0.25) is 4.79 Å². The molecule has 1 saturated heterocycles. The molecule has 0 aromatic heterocycles. The number of carbonyl (C=O) groups is 2. The van der Waals surface area contributed by atoms with E-state index in [2.05, 4.69) is 26.1 Å². The van der Waals surface area contributed by atoms with Crippen molar-refractivity contribution in [2.75, 3.05) is 25.0 Å². The number of halogens is 1. The lowest BCUT2D eigenvalue weighted by Crippen LogP contribution is -2.56. The molecule has 1 unspecified atom stereocenters. The van der Waals surface area contributed by atoms with Crippen molar-refractivity contribution in [3.05, 3.63) is 65.0 Å². The number of fused-ring (bicyclic) bond motifs is 3. The van der Waals surface area contributed by atoms with E-state index in [1.807, 2.05) is 24.3 Å². The molecular formula is C23H26FN3O2. The first-order valence-corrected chi connectivity index (χ1v) is 9.96. The Morgan fingerprint density at radius 3 is 2.55 bits per heavy atom. The van der Waals surface area contributed by atoms with Crippen molar-refractivity contribution in [2.24, 2.45) is 0 Å². The zero-order chi connectivity index (χ0) is 20.8. The van der Waals surface area contributed by atoms with Crippen LogP contribution in [-0.2, 0) is 16.6 Å². The van der Waals surface area contributed by atoms with E-state index in [0.717, 1.165) is 11.1 Å². The minimum Gasteiger partial charge on any atom is -0.332 e. The summed E-state index contributed by atoms with van der Waals surface area (Å²) < 4.78 is 13.8. The summed E-state index contributed by atoms with van der Waals surface area (Å²) in [6.45, 7) is 7.40. The first kappa shape index (κ1) is 19.4. The van der Waals surface area contributed by atoms with Crippen LogP contribution in [0.1, 0.15) is 43.5 Å². The van der Waals surface area contributed by atoms with Gasteiger partial charge < -0.3 is 15.1 Å². The van der Waals surface area contributed by atoms with Crippen LogP contribution >= 0.6 is 0 Å². The predicted octanol–water partition coefficient (Wildman–Crippen LogP) is 4.10. The normalized spacial score (nSPS) is 18.9. The fraction of sp³-hybridized carbons (Fsp3) is 0.391. The average Bonchev–Trinajstić information content (AvgIpc) is 2.67. The lowest BCUT2D eigenvalue weighted by molar-refractivity contribution is -0.139. The van der Waals surface area contributed by atoms with Crippen LogP contribution in [0.5, 0.6) is 0 Å². The van der Waals surface area contributed by atoms with Crippen LogP contribution in [0.25, 0.3) is 0 Å². The van der Waals surface area contributed by atoms with Crippen LogP contribution in [0.2, 0.25) is 0 Å². The number of hydrogen-bond acceptors (Lipinski definition) is 2. The van der Waals surface area contributed by atoms with Gasteiger partial charge in [0.25, 0.3) is 0 Å². The van der Waals surface area contributed by atoms with Crippen molar-refractivity contribution in [2.45, 2.75) is 38.6 Å². The molecule has 0 aliphatic carbocycles.